The SMILES string of the molecule is CCCCOC(=O)c1ccc(C(CO)C(O)OC=O)c(CC)c1.COC. The summed E-state index contributed by atoms with van der Waals surface area (Å²) >= 11 is 0. The van der Waals surface area contributed by atoms with Gasteiger partial charge in [0.15, 0.2) is 0 Å². The molecule has 7 heteroatoms. The summed E-state index contributed by atoms with van der Waals surface area (Å²) in [7, 11) is 3.25. The normalized spacial score (nSPS) is 12.4. The van der Waals surface area contributed by atoms with E-state index < -0.39 is 18.2 Å². The molecular formula is C19H30O7. The van der Waals surface area contributed by atoms with Gasteiger partial charge in [-0.1, -0.05) is 26.3 Å². The van der Waals surface area contributed by atoms with Crippen LogP contribution in [0.2, 0.25) is 0 Å². The summed E-state index contributed by atoms with van der Waals surface area (Å²) in [5, 5.41) is 19.3. The Hall–Kier alpha value is -1.96. The van der Waals surface area contributed by atoms with Gasteiger partial charge in [0, 0.05) is 14.2 Å². The monoisotopic (exact) mass is 370 g/mol. The molecule has 1 aromatic carbocycles. The van der Waals surface area contributed by atoms with Gasteiger partial charge in [0.25, 0.3) is 6.47 Å². The van der Waals surface area contributed by atoms with E-state index in [1.807, 2.05) is 13.8 Å². The molecule has 0 aromatic heterocycles. The van der Waals surface area contributed by atoms with Crippen LogP contribution >= 0.6 is 0 Å². The van der Waals surface area contributed by atoms with Gasteiger partial charge < -0.3 is 24.4 Å². The van der Waals surface area contributed by atoms with Crippen LogP contribution in [0.5, 0.6) is 0 Å². The summed E-state index contributed by atoms with van der Waals surface area (Å²) < 4.78 is 13.9. The van der Waals surface area contributed by atoms with E-state index in [4.69, 9.17) is 4.74 Å². The smallest absolute Gasteiger partial charge is 0.338 e. The first kappa shape index (κ1) is 24.0. The minimum atomic E-state index is -1.44. The first-order chi connectivity index (χ1) is 12.5. The maximum absolute atomic E-state index is 12.0. The van der Waals surface area contributed by atoms with Crippen molar-refractivity contribution in [1.82, 2.24) is 0 Å². The number of aryl methyl sites for hydroxylation is 1. The molecule has 0 aliphatic carbocycles. The van der Waals surface area contributed by atoms with Gasteiger partial charge in [0.05, 0.1) is 24.7 Å². The van der Waals surface area contributed by atoms with Gasteiger partial charge in [-0.25, -0.2) is 4.79 Å². The summed E-state index contributed by atoms with van der Waals surface area (Å²) in [4.78, 5) is 22.3. The summed E-state index contributed by atoms with van der Waals surface area (Å²) in [6, 6.07) is 4.91. The van der Waals surface area contributed by atoms with Crippen molar-refractivity contribution in [3.05, 3.63) is 34.9 Å². The summed E-state index contributed by atoms with van der Waals surface area (Å²) in [6.07, 6.45) is 0.909. The van der Waals surface area contributed by atoms with Crippen LogP contribution < -0.4 is 0 Å². The van der Waals surface area contributed by atoms with Crippen molar-refractivity contribution in [3.63, 3.8) is 0 Å². The second kappa shape index (κ2) is 14.2. The first-order valence-corrected chi connectivity index (χ1v) is 8.58. The largest absolute Gasteiger partial charge is 0.462 e. The fourth-order valence-electron chi connectivity index (χ4n) is 2.29. The molecule has 0 saturated heterocycles. The van der Waals surface area contributed by atoms with E-state index >= 15 is 0 Å². The lowest BCUT2D eigenvalue weighted by atomic mass is 9.91. The lowest BCUT2D eigenvalue weighted by Crippen LogP contribution is -2.25. The highest BCUT2D eigenvalue weighted by molar-refractivity contribution is 5.89. The molecule has 0 fully saturated rings. The molecule has 2 unspecified atom stereocenters. The van der Waals surface area contributed by atoms with Crippen molar-refractivity contribution in [1.29, 1.82) is 0 Å². The summed E-state index contributed by atoms with van der Waals surface area (Å²) in [5.41, 5.74) is 1.83. The van der Waals surface area contributed by atoms with Crippen LogP contribution in [-0.4, -0.2) is 56.4 Å². The van der Waals surface area contributed by atoms with Crippen molar-refractivity contribution in [3.8, 4) is 0 Å². The van der Waals surface area contributed by atoms with Crippen LogP contribution in [0.15, 0.2) is 18.2 Å². The highest BCUT2D eigenvalue weighted by Gasteiger charge is 2.24. The predicted octanol–water partition coefficient (Wildman–Crippen LogP) is 2.04. The van der Waals surface area contributed by atoms with Crippen molar-refractivity contribution in [2.75, 3.05) is 27.4 Å². The average Bonchev–Trinajstić information content (AvgIpc) is 2.63. The van der Waals surface area contributed by atoms with Crippen LogP contribution in [-0.2, 0) is 25.4 Å². The zero-order chi connectivity index (χ0) is 19.9. The molecule has 0 bridgehead atoms. The topological polar surface area (TPSA) is 102 Å². The van der Waals surface area contributed by atoms with Crippen molar-refractivity contribution in [2.45, 2.75) is 45.3 Å². The third-order valence-electron chi connectivity index (χ3n) is 3.63. The van der Waals surface area contributed by atoms with Gasteiger partial charge in [0.1, 0.15) is 0 Å². The molecule has 148 valence electrons. The number of rotatable bonds is 10. The molecule has 2 N–H and O–H groups in total. The third kappa shape index (κ3) is 7.95. The van der Waals surface area contributed by atoms with Crippen molar-refractivity contribution in [2.24, 2.45) is 0 Å². The van der Waals surface area contributed by atoms with E-state index in [1.54, 1.807) is 32.4 Å². The van der Waals surface area contributed by atoms with Gasteiger partial charge in [-0.2, -0.15) is 0 Å². The minimum Gasteiger partial charge on any atom is -0.462 e. The fraction of sp³-hybridized carbons (Fsp3) is 0.579. The van der Waals surface area contributed by atoms with E-state index in [2.05, 4.69) is 9.47 Å². The first-order valence-electron chi connectivity index (χ1n) is 8.58. The average molecular weight is 370 g/mol. The fourth-order valence-corrected chi connectivity index (χ4v) is 2.29. The van der Waals surface area contributed by atoms with Crippen LogP contribution in [0.4, 0.5) is 0 Å². The van der Waals surface area contributed by atoms with Crippen molar-refractivity contribution < 1.29 is 34.0 Å². The number of aliphatic hydroxyl groups excluding tert-OH is 2. The molecule has 0 spiro atoms. The lowest BCUT2D eigenvalue weighted by molar-refractivity contribution is -0.157. The molecule has 2 atom stereocenters. The zero-order valence-electron chi connectivity index (χ0n) is 15.9. The molecule has 0 heterocycles. The Kier molecular flexibility index (Phi) is 13.2. The Bertz CT molecular complexity index is 531. The standard InChI is InChI=1S/C17H24O6.C2H6O/c1-3-5-8-22-16(20)13-6-7-14(12(4-2)9-13)15(10-18)17(21)23-11-19;1-3-2/h6-7,9,11,15,17-18,21H,3-5,8,10H2,1-2H3;1-2H3. The highest BCUT2D eigenvalue weighted by Crippen LogP contribution is 2.25. The Morgan fingerprint density at radius 3 is 2.42 bits per heavy atom. The number of esters is 1. The molecular weight excluding hydrogens is 340 g/mol. The second-order valence-electron chi connectivity index (χ2n) is 5.58. The Morgan fingerprint density at radius 2 is 1.92 bits per heavy atom. The van der Waals surface area contributed by atoms with Gasteiger partial charge in [-0.15, -0.1) is 0 Å². The number of methoxy groups -OCH3 is 1. The number of benzene rings is 1. The van der Waals surface area contributed by atoms with Crippen LogP contribution in [0.25, 0.3) is 0 Å². The molecule has 26 heavy (non-hydrogen) atoms. The molecule has 0 radical (unpaired) electrons. The molecule has 0 aliphatic rings. The molecule has 0 saturated carbocycles. The molecule has 0 amide bonds. The molecule has 0 aliphatic heterocycles. The van der Waals surface area contributed by atoms with Crippen LogP contribution in [0.3, 0.4) is 0 Å². The van der Waals surface area contributed by atoms with Gasteiger partial charge in [-0.05, 0) is 36.1 Å². The minimum absolute atomic E-state index is 0.137. The highest BCUT2D eigenvalue weighted by atomic mass is 16.6. The number of hydrogen-bond donors (Lipinski definition) is 2. The molecule has 7 nitrogen and oxygen atoms in total. The van der Waals surface area contributed by atoms with E-state index in [1.165, 1.54) is 0 Å². The van der Waals surface area contributed by atoms with Gasteiger partial charge in [-0.3, -0.25) is 4.79 Å². The van der Waals surface area contributed by atoms with E-state index in [-0.39, 0.29) is 13.1 Å². The number of aliphatic hydroxyl groups is 2. The Labute approximate surface area is 154 Å². The Morgan fingerprint density at radius 1 is 1.27 bits per heavy atom. The van der Waals surface area contributed by atoms with Crippen LogP contribution in [0.1, 0.15) is 54.1 Å². The third-order valence-corrected chi connectivity index (χ3v) is 3.63. The number of hydrogen-bond acceptors (Lipinski definition) is 7. The number of carbonyl (C=O) groups is 2. The molecule has 1 rings (SSSR count). The van der Waals surface area contributed by atoms with Gasteiger partial charge >= 0.3 is 5.97 Å². The predicted molar refractivity (Wildman–Crippen MR) is 96.9 cm³/mol. The zero-order valence-corrected chi connectivity index (χ0v) is 15.9. The van der Waals surface area contributed by atoms with E-state index in [9.17, 15) is 19.8 Å². The van der Waals surface area contributed by atoms with Gasteiger partial charge in [0.2, 0.25) is 6.29 Å². The Balaban J connectivity index is 0.00000194. The quantitative estimate of drug-likeness (QED) is 0.281. The maximum atomic E-state index is 12.0. The number of carbonyl (C=O) groups excluding carboxylic acids is 2. The number of unbranched alkanes of at least 4 members (excludes halogenated alkanes) is 1. The lowest BCUT2D eigenvalue weighted by Gasteiger charge is -2.22. The second-order valence-corrected chi connectivity index (χ2v) is 5.58. The summed E-state index contributed by atoms with van der Waals surface area (Å²) in [5.74, 6) is -1.16. The van der Waals surface area contributed by atoms with E-state index in [0.29, 0.717) is 24.2 Å². The van der Waals surface area contributed by atoms with Crippen molar-refractivity contribution >= 4 is 12.4 Å². The maximum Gasteiger partial charge on any atom is 0.338 e. The number of ether oxygens (including phenoxy) is 3. The molecule has 1 aromatic rings. The van der Waals surface area contributed by atoms with Crippen LogP contribution in [0, 0.1) is 0 Å². The van der Waals surface area contributed by atoms with E-state index in [0.717, 1.165) is 18.4 Å². The summed E-state index contributed by atoms with van der Waals surface area (Å²) in [6.45, 7) is 4.04.